The Morgan fingerprint density at radius 3 is 2.76 bits per heavy atom. The van der Waals surface area contributed by atoms with Gasteiger partial charge in [-0.25, -0.2) is 0 Å². The molecule has 0 unspecified atom stereocenters. The van der Waals surface area contributed by atoms with Crippen LogP contribution in [0.25, 0.3) is 0 Å². The van der Waals surface area contributed by atoms with E-state index in [9.17, 15) is 9.90 Å². The summed E-state index contributed by atoms with van der Waals surface area (Å²) in [6.45, 7) is 4.70. The summed E-state index contributed by atoms with van der Waals surface area (Å²) < 4.78 is 5.58. The van der Waals surface area contributed by atoms with Gasteiger partial charge in [-0.2, -0.15) is 0 Å². The van der Waals surface area contributed by atoms with Crippen LogP contribution in [0.5, 0.6) is 0 Å². The van der Waals surface area contributed by atoms with Crippen molar-refractivity contribution in [3.63, 3.8) is 0 Å². The molecule has 158 valence electrons. The predicted molar refractivity (Wildman–Crippen MR) is 114 cm³/mol. The second-order valence-electron chi connectivity index (χ2n) is 9.31. The molecule has 2 fully saturated rings. The van der Waals surface area contributed by atoms with Crippen molar-refractivity contribution < 1.29 is 14.6 Å². The summed E-state index contributed by atoms with van der Waals surface area (Å²) in [5, 5.41) is 12.1. The molecule has 3 aliphatic rings. The van der Waals surface area contributed by atoms with Crippen LogP contribution in [-0.2, 0) is 16.0 Å². The second kappa shape index (κ2) is 8.23. The van der Waals surface area contributed by atoms with E-state index in [2.05, 4.69) is 47.4 Å². The van der Waals surface area contributed by atoms with Crippen LogP contribution in [0, 0.1) is 10.8 Å². The Kier molecular flexibility index (Phi) is 5.85. The molecule has 1 saturated heterocycles. The van der Waals surface area contributed by atoms with Crippen LogP contribution >= 0.6 is 0 Å². The van der Waals surface area contributed by atoms with E-state index < -0.39 is 11.0 Å². The average molecular weight is 398 g/mol. The first-order valence-corrected chi connectivity index (χ1v) is 11.4. The van der Waals surface area contributed by atoms with Crippen LogP contribution in [0.15, 0.2) is 42.5 Å². The van der Waals surface area contributed by atoms with Gasteiger partial charge in [0.15, 0.2) is 0 Å². The van der Waals surface area contributed by atoms with Gasteiger partial charge in [-0.05, 0) is 64.0 Å². The van der Waals surface area contributed by atoms with Crippen LogP contribution in [-0.4, -0.2) is 47.8 Å². The topological polar surface area (TPSA) is 49.8 Å². The minimum absolute atomic E-state index is 0.186. The van der Waals surface area contributed by atoms with E-state index in [-0.39, 0.29) is 11.4 Å². The molecule has 1 aliphatic heterocycles. The lowest BCUT2D eigenvalue weighted by atomic mass is 9.47. The molecule has 0 amide bonds. The number of aryl methyl sites for hydroxylation is 1. The number of allylic oxidation sites excluding steroid dienone is 1. The standard InChI is InChI=1S/C25H35NO3/c1-2-29-22(27)24-16-10-15-23(14-7-4-8-17-25(23,24)28)19-26(20-24)18-9-13-21-11-5-3-6-12-21/h3-6,8,11-12,28H,2,7,9-10,13-20H2,1H3/t23-,24+,25-/m1/s1. The van der Waals surface area contributed by atoms with Gasteiger partial charge in [0.25, 0.3) is 0 Å². The maximum atomic E-state index is 13.3. The lowest BCUT2D eigenvalue weighted by molar-refractivity contribution is -0.250. The number of piperidine rings is 1. The number of hydrogen-bond acceptors (Lipinski definition) is 4. The molecule has 1 aromatic carbocycles. The third kappa shape index (κ3) is 3.44. The van der Waals surface area contributed by atoms with Crippen LogP contribution in [0.2, 0.25) is 0 Å². The molecule has 3 atom stereocenters. The van der Waals surface area contributed by atoms with E-state index in [0.717, 1.165) is 58.0 Å². The molecule has 29 heavy (non-hydrogen) atoms. The molecule has 1 N–H and O–H groups in total. The summed E-state index contributed by atoms with van der Waals surface area (Å²) in [6.07, 6.45) is 11.6. The van der Waals surface area contributed by atoms with E-state index in [0.29, 0.717) is 19.6 Å². The number of esters is 1. The summed E-state index contributed by atoms with van der Waals surface area (Å²) >= 11 is 0. The zero-order valence-corrected chi connectivity index (χ0v) is 17.7. The number of carbonyl (C=O) groups excluding carboxylic acids is 1. The monoisotopic (exact) mass is 397 g/mol. The fourth-order valence-electron chi connectivity index (χ4n) is 6.40. The Morgan fingerprint density at radius 1 is 1.14 bits per heavy atom. The van der Waals surface area contributed by atoms with Crippen molar-refractivity contribution >= 4 is 5.97 Å². The SMILES string of the molecule is CCOC(=O)[C@@]12CCC[C@]3(CCC=CC[C@@]31O)CN(CCCc1ccccc1)C2. The summed E-state index contributed by atoms with van der Waals surface area (Å²) in [5.74, 6) is -0.186. The Hall–Kier alpha value is -1.65. The molecule has 1 saturated carbocycles. The number of rotatable bonds is 6. The Balaban J connectivity index is 1.58. The highest BCUT2D eigenvalue weighted by Crippen LogP contribution is 2.62. The van der Waals surface area contributed by atoms with Crippen molar-refractivity contribution in [2.24, 2.45) is 10.8 Å². The van der Waals surface area contributed by atoms with Crippen LogP contribution in [0.4, 0.5) is 0 Å². The van der Waals surface area contributed by atoms with Crippen LogP contribution in [0.3, 0.4) is 0 Å². The zero-order valence-electron chi connectivity index (χ0n) is 17.7. The molecule has 0 radical (unpaired) electrons. The molecule has 2 bridgehead atoms. The molecular formula is C25H35NO3. The number of ether oxygens (including phenoxy) is 1. The van der Waals surface area contributed by atoms with Gasteiger partial charge in [0.05, 0.1) is 12.2 Å². The highest BCUT2D eigenvalue weighted by Gasteiger charge is 2.70. The largest absolute Gasteiger partial charge is 0.465 e. The maximum Gasteiger partial charge on any atom is 0.316 e. The Labute approximate surface area is 174 Å². The minimum atomic E-state index is -0.993. The molecule has 1 aromatic rings. The molecule has 4 heteroatoms. The minimum Gasteiger partial charge on any atom is -0.465 e. The summed E-state index contributed by atoms with van der Waals surface area (Å²) in [5.41, 5.74) is -0.654. The molecule has 4 nitrogen and oxygen atoms in total. The predicted octanol–water partition coefficient (Wildman–Crippen LogP) is 4.13. The molecule has 0 aromatic heterocycles. The van der Waals surface area contributed by atoms with Crippen molar-refractivity contribution in [3.05, 3.63) is 48.0 Å². The fraction of sp³-hybridized carbons (Fsp3) is 0.640. The van der Waals surface area contributed by atoms with Crippen molar-refractivity contribution in [2.45, 2.75) is 63.9 Å². The van der Waals surface area contributed by atoms with Crippen molar-refractivity contribution in [1.82, 2.24) is 4.90 Å². The van der Waals surface area contributed by atoms with Gasteiger partial charge >= 0.3 is 5.97 Å². The molecular weight excluding hydrogens is 362 g/mol. The smallest absolute Gasteiger partial charge is 0.316 e. The van der Waals surface area contributed by atoms with Gasteiger partial charge in [0.2, 0.25) is 0 Å². The first-order chi connectivity index (χ1) is 14.1. The summed E-state index contributed by atoms with van der Waals surface area (Å²) in [7, 11) is 0. The molecule has 1 heterocycles. The summed E-state index contributed by atoms with van der Waals surface area (Å²) in [6, 6.07) is 10.6. The zero-order chi connectivity index (χ0) is 20.4. The van der Waals surface area contributed by atoms with E-state index >= 15 is 0 Å². The fourth-order valence-corrected chi connectivity index (χ4v) is 6.40. The lowest BCUT2D eigenvalue weighted by Crippen LogP contribution is -2.74. The maximum absolute atomic E-state index is 13.3. The molecule has 2 aliphatic carbocycles. The highest BCUT2D eigenvalue weighted by atomic mass is 16.5. The molecule has 0 spiro atoms. The number of nitrogens with zero attached hydrogens (tertiary/aromatic N) is 1. The summed E-state index contributed by atoms with van der Waals surface area (Å²) in [4.78, 5) is 15.8. The number of likely N-dealkylation sites (tertiary alicyclic amines) is 1. The molecule has 4 rings (SSSR count). The Bertz CT molecular complexity index is 748. The van der Waals surface area contributed by atoms with Gasteiger partial charge in [-0.3, -0.25) is 4.79 Å². The van der Waals surface area contributed by atoms with Gasteiger partial charge in [0, 0.05) is 18.5 Å². The highest BCUT2D eigenvalue weighted by molar-refractivity contribution is 5.80. The second-order valence-corrected chi connectivity index (χ2v) is 9.31. The third-order valence-corrected chi connectivity index (χ3v) is 7.77. The van der Waals surface area contributed by atoms with E-state index in [1.807, 2.05) is 6.92 Å². The van der Waals surface area contributed by atoms with Crippen LogP contribution in [0.1, 0.15) is 57.4 Å². The van der Waals surface area contributed by atoms with E-state index in [4.69, 9.17) is 4.74 Å². The lowest BCUT2D eigenvalue weighted by Gasteiger charge is -2.64. The van der Waals surface area contributed by atoms with Crippen LogP contribution < -0.4 is 0 Å². The third-order valence-electron chi connectivity index (χ3n) is 7.77. The number of carbonyl (C=O) groups is 1. The Morgan fingerprint density at radius 2 is 1.97 bits per heavy atom. The number of benzene rings is 1. The van der Waals surface area contributed by atoms with Gasteiger partial charge in [-0.15, -0.1) is 0 Å². The average Bonchev–Trinajstić information content (AvgIpc) is 2.88. The van der Waals surface area contributed by atoms with Crippen molar-refractivity contribution in [3.8, 4) is 0 Å². The first kappa shape index (κ1) is 20.6. The van der Waals surface area contributed by atoms with Crippen molar-refractivity contribution in [2.75, 3.05) is 26.2 Å². The number of aliphatic hydroxyl groups is 1. The van der Waals surface area contributed by atoms with Gasteiger partial charge < -0.3 is 14.7 Å². The first-order valence-electron chi connectivity index (χ1n) is 11.4. The van der Waals surface area contributed by atoms with Crippen molar-refractivity contribution in [1.29, 1.82) is 0 Å². The number of hydrogen-bond donors (Lipinski definition) is 1. The quantitative estimate of drug-likeness (QED) is 0.579. The van der Waals surface area contributed by atoms with E-state index in [1.165, 1.54) is 5.56 Å². The van der Waals surface area contributed by atoms with E-state index in [1.54, 1.807) is 0 Å². The normalized spacial score (nSPS) is 34.3. The van der Waals surface area contributed by atoms with Gasteiger partial charge in [0.1, 0.15) is 5.41 Å². The van der Waals surface area contributed by atoms with Gasteiger partial charge in [-0.1, -0.05) is 48.9 Å².